The molecule has 18 nitrogen and oxygen atoms in total. The molecule has 3 aliphatic heterocycles. The number of hydrogen-bond donors (Lipinski definition) is 3. The van der Waals surface area contributed by atoms with Crippen LogP contribution in [0.4, 0.5) is 26.0 Å². The topological polar surface area (TPSA) is 204 Å². The molecule has 1 unspecified atom stereocenters. The van der Waals surface area contributed by atoms with Crippen LogP contribution in [0.1, 0.15) is 92.0 Å². The van der Waals surface area contributed by atoms with E-state index in [2.05, 4.69) is 44.0 Å². The number of piperidine rings is 1. The Morgan fingerprint density at radius 1 is 0.891 bits per heavy atom. The second-order valence-corrected chi connectivity index (χ2v) is 26.2. The van der Waals surface area contributed by atoms with Gasteiger partial charge in [-0.25, -0.2) is 8.78 Å². The number of ether oxygens (including phenoxy) is 5. The molecule has 4 heterocycles. The van der Waals surface area contributed by atoms with E-state index >= 15 is 8.78 Å². The van der Waals surface area contributed by atoms with Crippen molar-refractivity contribution in [3.8, 4) is 23.6 Å². The molecule has 488 valence electrons. The van der Waals surface area contributed by atoms with Gasteiger partial charge in [0, 0.05) is 110 Å². The molecule has 0 bridgehead atoms. The van der Waals surface area contributed by atoms with Gasteiger partial charge >= 0.3 is 6.01 Å². The molecule has 1 aromatic heterocycles. The number of methoxy groups -OCH3 is 1. The lowest BCUT2D eigenvalue weighted by Gasteiger charge is -2.38. The molecule has 3 amide bonds. The van der Waals surface area contributed by atoms with Crippen LogP contribution >= 0.6 is 23.2 Å². The van der Waals surface area contributed by atoms with Crippen molar-refractivity contribution in [2.45, 2.75) is 89.9 Å². The van der Waals surface area contributed by atoms with Crippen molar-refractivity contribution in [1.82, 2.24) is 25.1 Å². The normalized spacial score (nSPS) is 19.9. The third kappa shape index (κ3) is 15.5. The highest BCUT2D eigenvalue weighted by Gasteiger charge is 2.61. The van der Waals surface area contributed by atoms with Gasteiger partial charge in [0.2, 0.25) is 11.8 Å². The van der Waals surface area contributed by atoms with E-state index in [4.69, 9.17) is 56.9 Å². The zero-order chi connectivity index (χ0) is 65.3. The highest BCUT2D eigenvalue weighted by atomic mass is 35.5. The molecular weight excluding hydrogens is 1220 g/mol. The standard InChI is InChI=1S/C70H81Cl2F2N9O9/c1-7-62(85)81-26-28-82(29-27-81)65-52-21-25-83(60-39-49(84)35-45-11-8-9-12-51(45)60)42-59(52)78-68(79-65)92-44(2)41-80-23-19-50(20-24-80)91-34-33-90-32-31-89-30-22-76-66(86)46-15-18-58(61(36-46)88-6)77-67(87)54-37-47(40-69(3,4)5)70(43-75,55-17-16-48(71)38-57(55)73)63(54)53-13-10-14-56(72)64(53)74/h7-18,35-36,38-39,44,47,50,54,63,84H,1,19-34,37,40-42H2,2-6H3,(H,76,86)(H,77,87)/t44-,47+,54?,63+,70-/m1/s1. The molecule has 3 fully saturated rings. The summed E-state index contributed by atoms with van der Waals surface area (Å²) < 4.78 is 62.4. The Kier molecular flexibility index (Phi) is 21.9. The number of piperazine rings is 1. The van der Waals surface area contributed by atoms with Crippen LogP contribution in [0.25, 0.3) is 10.8 Å². The number of nitrogens with one attached hydrogen (secondary N) is 2. The summed E-state index contributed by atoms with van der Waals surface area (Å²) in [6.07, 6.45) is 4.22. The van der Waals surface area contributed by atoms with E-state index in [1.165, 1.54) is 55.7 Å². The molecular formula is C70H81Cl2F2N9O9. The third-order valence-corrected chi connectivity index (χ3v) is 18.5. The van der Waals surface area contributed by atoms with E-state index < -0.39 is 46.6 Å². The number of nitrogens with zero attached hydrogens (tertiary/aromatic N) is 7. The predicted molar refractivity (Wildman–Crippen MR) is 351 cm³/mol. The average molecular weight is 1300 g/mol. The molecule has 1 saturated carbocycles. The van der Waals surface area contributed by atoms with Crippen LogP contribution < -0.4 is 29.9 Å². The molecule has 22 heteroatoms. The number of rotatable bonds is 24. The number of hydrogen-bond acceptors (Lipinski definition) is 15. The van der Waals surface area contributed by atoms with Gasteiger partial charge in [0.1, 0.15) is 35.1 Å². The minimum atomic E-state index is -1.71. The van der Waals surface area contributed by atoms with Crippen LogP contribution in [-0.4, -0.2) is 154 Å². The van der Waals surface area contributed by atoms with Gasteiger partial charge in [0.15, 0.2) is 0 Å². The van der Waals surface area contributed by atoms with Crippen molar-refractivity contribution in [1.29, 1.82) is 5.26 Å². The molecule has 0 spiro atoms. The Labute approximate surface area is 546 Å². The fourth-order valence-corrected chi connectivity index (χ4v) is 14.1. The Bertz CT molecular complexity index is 3690. The quantitative estimate of drug-likeness (QED) is 0.0381. The zero-order valence-electron chi connectivity index (χ0n) is 52.8. The highest BCUT2D eigenvalue weighted by Crippen LogP contribution is 2.61. The van der Waals surface area contributed by atoms with Gasteiger partial charge in [-0.05, 0) is 110 Å². The van der Waals surface area contributed by atoms with Gasteiger partial charge in [-0.1, -0.05) is 93.0 Å². The first-order valence-electron chi connectivity index (χ1n) is 31.5. The lowest BCUT2D eigenvalue weighted by atomic mass is 9.62. The molecule has 0 radical (unpaired) electrons. The van der Waals surface area contributed by atoms with Crippen LogP contribution in [0.3, 0.4) is 0 Å². The van der Waals surface area contributed by atoms with Crippen molar-refractivity contribution in [2.24, 2.45) is 17.3 Å². The molecule has 4 aliphatic rings. The molecule has 6 aromatic rings. The molecule has 5 aromatic carbocycles. The van der Waals surface area contributed by atoms with E-state index in [9.17, 15) is 24.8 Å². The summed E-state index contributed by atoms with van der Waals surface area (Å²) in [6, 6.07) is 27.5. The van der Waals surface area contributed by atoms with Crippen LogP contribution in [0.2, 0.25) is 10.0 Å². The average Bonchev–Trinajstić information content (AvgIpc) is 1.53. The van der Waals surface area contributed by atoms with E-state index in [1.807, 2.05) is 56.9 Å². The summed E-state index contributed by atoms with van der Waals surface area (Å²) in [4.78, 5) is 59.2. The number of fused-ring (bicyclic) bond motifs is 2. The zero-order valence-corrected chi connectivity index (χ0v) is 54.3. The first-order chi connectivity index (χ1) is 44.3. The summed E-state index contributed by atoms with van der Waals surface area (Å²) in [7, 11) is 1.40. The third-order valence-electron chi connectivity index (χ3n) is 18.0. The highest BCUT2D eigenvalue weighted by molar-refractivity contribution is 6.31. The number of carbonyl (C=O) groups is 3. The van der Waals surface area contributed by atoms with E-state index in [1.54, 1.807) is 12.1 Å². The van der Waals surface area contributed by atoms with Gasteiger partial charge in [0.05, 0.1) is 80.7 Å². The fourth-order valence-electron chi connectivity index (χ4n) is 13.7. The summed E-state index contributed by atoms with van der Waals surface area (Å²) in [6.45, 7) is 19.6. The first-order valence-corrected chi connectivity index (χ1v) is 32.3. The number of benzene rings is 5. The van der Waals surface area contributed by atoms with Gasteiger partial charge in [-0.3, -0.25) is 19.3 Å². The van der Waals surface area contributed by atoms with Crippen LogP contribution in [-0.2, 0) is 42.2 Å². The molecule has 2 saturated heterocycles. The number of aromatic hydroxyl groups is 1. The second kappa shape index (κ2) is 30.0. The van der Waals surface area contributed by atoms with Crippen LogP contribution in [0, 0.1) is 40.2 Å². The SMILES string of the molecule is C=CC(=O)N1CCN(c2nc(O[C@H](C)CN3CCC(OCCOCCOCCNC(=O)c4ccc(NC(=O)C5C[C@@H](CC(C)(C)C)[C@](C#N)(c6ccc(Cl)cc6F)[C@H]5c5cccc(Cl)c5F)c(OC)c4)CC3)nc3c2CCN(c2cc(O)cc4ccccc24)C3)CC1. The van der Waals surface area contributed by atoms with E-state index in [0.717, 1.165) is 72.1 Å². The smallest absolute Gasteiger partial charge is 0.318 e. The van der Waals surface area contributed by atoms with E-state index in [-0.39, 0.29) is 87.0 Å². The number of nitriles is 1. The lowest BCUT2D eigenvalue weighted by Crippen LogP contribution is -2.49. The molecule has 10 rings (SSSR count). The first kappa shape index (κ1) is 67.3. The number of halogens is 4. The number of aromatic nitrogens is 2. The summed E-state index contributed by atoms with van der Waals surface area (Å²) >= 11 is 12.5. The van der Waals surface area contributed by atoms with E-state index in [0.29, 0.717) is 84.5 Å². The monoisotopic (exact) mass is 1300 g/mol. The fraction of sp³-hybridized carbons (Fsp3) is 0.457. The summed E-state index contributed by atoms with van der Waals surface area (Å²) in [5.41, 5.74) is 1.36. The molecule has 92 heavy (non-hydrogen) atoms. The molecule has 3 N–H and O–H groups in total. The second-order valence-electron chi connectivity index (χ2n) is 25.3. The molecule has 5 atom stereocenters. The van der Waals surface area contributed by atoms with Gasteiger partial charge in [-0.2, -0.15) is 15.2 Å². The number of phenols is 1. The van der Waals surface area contributed by atoms with Gasteiger partial charge in [-0.15, -0.1) is 0 Å². The van der Waals surface area contributed by atoms with Gasteiger partial charge in [0.25, 0.3) is 5.91 Å². The maximum atomic E-state index is 16.3. The maximum Gasteiger partial charge on any atom is 0.318 e. The van der Waals surface area contributed by atoms with Crippen molar-refractivity contribution in [2.75, 3.05) is 114 Å². The minimum Gasteiger partial charge on any atom is -0.508 e. The van der Waals surface area contributed by atoms with Crippen molar-refractivity contribution in [3.05, 3.63) is 153 Å². The molecule has 1 aliphatic carbocycles. The predicted octanol–water partition coefficient (Wildman–Crippen LogP) is 11.3. The van der Waals surface area contributed by atoms with Crippen molar-refractivity contribution in [3.63, 3.8) is 0 Å². The number of likely N-dealkylation sites (tertiary alicyclic amines) is 1. The summed E-state index contributed by atoms with van der Waals surface area (Å²) in [5, 5.41) is 29.7. The van der Waals surface area contributed by atoms with Crippen molar-refractivity contribution < 1.29 is 52.0 Å². The minimum absolute atomic E-state index is 0.0160. The number of amides is 3. The van der Waals surface area contributed by atoms with Crippen molar-refractivity contribution >= 4 is 68.9 Å². The van der Waals surface area contributed by atoms with Gasteiger partial charge < -0.3 is 54.1 Å². The largest absolute Gasteiger partial charge is 0.508 e. The Balaban J connectivity index is 0.651. The summed E-state index contributed by atoms with van der Waals surface area (Å²) in [5.74, 6) is -4.14. The Morgan fingerprint density at radius 2 is 1.64 bits per heavy atom. The number of anilines is 3. The Hall–Kier alpha value is -7.64. The van der Waals surface area contributed by atoms with Crippen LogP contribution in [0.15, 0.2) is 104 Å². The number of carbonyl (C=O) groups excluding carboxylic acids is 3. The van der Waals surface area contributed by atoms with Crippen LogP contribution in [0.5, 0.6) is 17.5 Å². The number of phenolic OH excluding ortho intramolecular Hbond substituents is 1. The maximum absolute atomic E-state index is 16.3. The Morgan fingerprint density at radius 3 is 2.37 bits per heavy atom. The lowest BCUT2D eigenvalue weighted by molar-refractivity contribution is -0.126.